The van der Waals surface area contributed by atoms with E-state index < -0.39 is 0 Å². The molecule has 3 saturated carbocycles. The second-order valence-corrected chi connectivity index (χ2v) is 6.66. The van der Waals surface area contributed by atoms with Gasteiger partial charge >= 0.3 is 0 Å². The number of rotatable bonds is 4. The Kier molecular flexibility index (Phi) is 2.77. The number of carbonyl (C=O) groups is 1. The molecule has 2 nitrogen and oxygen atoms in total. The monoisotopic (exact) mass is 285 g/mol. The van der Waals surface area contributed by atoms with Gasteiger partial charge in [0.2, 0.25) is 5.91 Å². The normalized spacial score (nSPS) is 38.7. The molecule has 0 aromatic carbocycles. The smallest absolute Gasteiger partial charge is 0.220 e. The van der Waals surface area contributed by atoms with E-state index in [1.54, 1.807) is 0 Å². The van der Waals surface area contributed by atoms with Gasteiger partial charge in [-0.2, -0.15) is 0 Å². The van der Waals surface area contributed by atoms with E-state index in [9.17, 15) is 4.79 Å². The van der Waals surface area contributed by atoms with Crippen molar-refractivity contribution in [3.63, 3.8) is 0 Å². The van der Waals surface area contributed by atoms with E-state index in [-0.39, 0.29) is 5.54 Å². The van der Waals surface area contributed by atoms with Crippen molar-refractivity contribution in [3.8, 4) is 0 Å². The van der Waals surface area contributed by atoms with Crippen LogP contribution in [0.1, 0.15) is 44.9 Å². The maximum absolute atomic E-state index is 12.0. The Morgan fingerprint density at radius 1 is 1.31 bits per heavy atom. The number of hydrogen-bond donors (Lipinski definition) is 1. The van der Waals surface area contributed by atoms with Crippen LogP contribution in [0.4, 0.5) is 0 Å². The van der Waals surface area contributed by atoms with Gasteiger partial charge in [-0.25, -0.2) is 0 Å². The number of amides is 1. The molecule has 0 spiro atoms. The van der Waals surface area contributed by atoms with Gasteiger partial charge in [-0.15, -0.1) is 0 Å². The number of alkyl halides is 1. The van der Waals surface area contributed by atoms with Gasteiger partial charge < -0.3 is 5.32 Å². The number of nitrogens with one attached hydrogen (secondary N) is 1. The molecule has 3 aliphatic rings. The van der Waals surface area contributed by atoms with Gasteiger partial charge in [0.25, 0.3) is 0 Å². The highest BCUT2D eigenvalue weighted by Crippen LogP contribution is 2.49. The van der Waals surface area contributed by atoms with Crippen LogP contribution in [-0.4, -0.2) is 16.8 Å². The van der Waals surface area contributed by atoms with Gasteiger partial charge in [-0.3, -0.25) is 4.79 Å². The molecule has 0 aromatic rings. The average Bonchev–Trinajstić information content (AvgIpc) is 2.72. The van der Waals surface area contributed by atoms with Crippen LogP contribution in [0.15, 0.2) is 0 Å². The van der Waals surface area contributed by atoms with E-state index in [4.69, 9.17) is 0 Å². The lowest BCUT2D eigenvalue weighted by atomic mass is 9.86. The highest BCUT2D eigenvalue weighted by Gasteiger charge is 2.44. The lowest BCUT2D eigenvalue weighted by molar-refractivity contribution is -0.123. The highest BCUT2D eigenvalue weighted by molar-refractivity contribution is 9.09. The Balaban J connectivity index is 1.50. The molecule has 1 N–H and O–H groups in total. The molecule has 1 amide bonds. The lowest BCUT2D eigenvalue weighted by Gasteiger charge is -2.22. The minimum atomic E-state index is 0.134. The van der Waals surface area contributed by atoms with E-state index in [0.29, 0.717) is 11.8 Å². The fourth-order valence-electron chi connectivity index (χ4n) is 3.65. The summed E-state index contributed by atoms with van der Waals surface area (Å²) in [6, 6.07) is 0. The topological polar surface area (TPSA) is 29.1 Å². The molecular formula is C13H20BrNO. The summed E-state index contributed by atoms with van der Waals surface area (Å²) in [6.45, 7) is 0. The Labute approximate surface area is 106 Å². The standard InChI is InChI=1S/C13H20BrNO/c14-8-13(3-4-13)15-12(16)7-11-6-9-1-2-10(11)5-9/h9-11H,1-8H2,(H,15,16). The molecule has 0 aromatic heterocycles. The minimum absolute atomic E-state index is 0.134. The predicted molar refractivity (Wildman–Crippen MR) is 67.5 cm³/mol. The Hall–Kier alpha value is -0.0500. The summed E-state index contributed by atoms with van der Waals surface area (Å²) in [5.41, 5.74) is 0.134. The molecule has 3 fully saturated rings. The zero-order valence-electron chi connectivity index (χ0n) is 9.68. The summed E-state index contributed by atoms with van der Waals surface area (Å²) in [6.07, 6.45) is 8.62. The summed E-state index contributed by atoms with van der Waals surface area (Å²) in [5.74, 6) is 2.82. The molecule has 3 aliphatic carbocycles. The van der Waals surface area contributed by atoms with E-state index in [2.05, 4.69) is 21.2 Å². The maximum Gasteiger partial charge on any atom is 0.220 e. The van der Waals surface area contributed by atoms with Gasteiger partial charge in [0.1, 0.15) is 0 Å². The second kappa shape index (κ2) is 4.01. The summed E-state index contributed by atoms with van der Waals surface area (Å²) >= 11 is 3.49. The van der Waals surface area contributed by atoms with Crippen molar-refractivity contribution >= 4 is 21.8 Å². The summed E-state index contributed by atoms with van der Waals surface area (Å²) in [4.78, 5) is 12.0. The van der Waals surface area contributed by atoms with Crippen molar-refractivity contribution in [1.29, 1.82) is 0 Å². The first-order valence-electron chi connectivity index (χ1n) is 6.58. The molecule has 2 bridgehead atoms. The molecule has 0 radical (unpaired) electrons. The summed E-state index contributed by atoms with van der Waals surface area (Å²) < 4.78 is 0. The van der Waals surface area contributed by atoms with Crippen LogP contribution < -0.4 is 5.32 Å². The van der Waals surface area contributed by atoms with E-state index in [0.717, 1.165) is 36.4 Å². The molecular weight excluding hydrogens is 266 g/mol. The highest BCUT2D eigenvalue weighted by atomic mass is 79.9. The molecule has 16 heavy (non-hydrogen) atoms. The number of carbonyl (C=O) groups excluding carboxylic acids is 1. The quantitative estimate of drug-likeness (QED) is 0.791. The first-order valence-corrected chi connectivity index (χ1v) is 7.70. The van der Waals surface area contributed by atoms with E-state index in [1.165, 1.54) is 25.7 Å². The van der Waals surface area contributed by atoms with Crippen LogP contribution in [-0.2, 0) is 4.79 Å². The van der Waals surface area contributed by atoms with Gasteiger partial charge in [0.15, 0.2) is 0 Å². The number of fused-ring (bicyclic) bond motifs is 2. The summed E-state index contributed by atoms with van der Waals surface area (Å²) in [7, 11) is 0. The van der Waals surface area contributed by atoms with Crippen LogP contribution in [0.3, 0.4) is 0 Å². The van der Waals surface area contributed by atoms with Crippen molar-refractivity contribution in [3.05, 3.63) is 0 Å². The molecule has 0 aliphatic heterocycles. The fraction of sp³-hybridized carbons (Fsp3) is 0.923. The molecule has 90 valence electrons. The zero-order valence-corrected chi connectivity index (χ0v) is 11.3. The van der Waals surface area contributed by atoms with Gasteiger partial charge in [0, 0.05) is 17.3 Å². The van der Waals surface area contributed by atoms with Crippen molar-refractivity contribution < 1.29 is 4.79 Å². The Bertz CT molecular complexity index is 300. The lowest BCUT2D eigenvalue weighted by Crippen LogP contribution is -2.39. The third kappa shape index (κ3) is 2.03. The molecule has 3 unspecified atom stereocenters. The van der Waals surface area contributed by atoms with E-state index >= 15 is 0 Å². The first kappa shape index (κ1) is 11.1. The third-order valence-corrected chi connectivity index (χ3v) is 5.92. The molecule has 0 saturated heterocycles. The Morgan fingerprint density at radius 2 is 2.12 bits per heavy atom. The molecule has 3 heteroatoms. The fourth-order valence-corrected chi connectivity index (χ4v) is 4.36. The van der Waals surface area contributed by atoms with Crippen molar-refractivity contribution in [2.75, 3.05) is 5.33 Å². The van der Waals surface area contributed by atoms with Crippen molar-refractivity contribution in [1.82, 2.24) is 5.32 Å². The van der Waals surface area contributed by atoms with Crippen molar-refractivity contribution in [2.24, 2.45) is 17.8 Å². The van der Waals surface area contributed by atoms with Crippen LogP contribution in [0.25, 0.3) is 0 Å². The van der Waals surface area contributed by atoms with E-state index in [1.807, 2.05) is 0 Å². The average molecular weight is 286 g/mol. The number of hydrogen-bond acceptors (Lipinski definition) is 1. The third-order valence-electron chi connectivity index (χ3n) is 4.85. The van der Waals surface area contributed by atoms with Crippen LogP contribution in [0.5, 0.6) is 0 Å². The predicted octanol–water partition coefficient (Wildman–Crippen LogP) is 2.86. The molecule has 3 rings (SSSR count). The van der Waals surface area contributed by atoms with Gasteiger partial charge in [-0.1, -0.05) is 22.4 Å². The van der Waals surface area contributed by atoms with Crippen LogP contribution in [0.2, 0.25) is 0 Å². The van der Waals surface area contributed by atoms with Crippen molar-refractivity contribution in [2.45, 2.75) is 50.5 Å². The zero-order chi connectivity index (χ0) is 11.2. The molecule has 3 atom stereocenters. The largest absolute Gasteiger partial charge is 0.350 e. The van der Waals surface area contributed by atoms with Gasteiger partial charge in [0.05, 0.1) is 0 Å². The van der Waals surface area contributed by atoms with Gasteiger partial charge in [-0.05, 0) is 49.9 Å². The Morgan fingerprint density at radius 3 is 2.62 bits per heavy atom. The summed E-state index contributed by atoms with van der Waals surface area (Å²) in [5, 5.41) is 4.14. The SMILES string of the molecule is O=C(CC1CC2CCC1C2)NC1(CBr)CC1. The molecule has 0 heterocycles. The number of halogens is 1. The first-order chi connectivity index (χ1) is 7.71. The minimum Gasteiger partial charge on any atom is -0.350 e. The van der Waals surface area contributed by atoms with Crippen LogP contribution in [0, 0.1) is 17.8 Å². The van der Waals surface area contributed by atoms with Crippen LogP contribution >= 0.6 is 15.9 Å². The maximum atomic E-state index is 12.0. The second-order valence-electron chi connectivity index (χ2n) is 6.10.